The van der Waals surface area contributed by atoms with Crippen LogP contribution < -0.4 is 10.6 Å². The number of nitrogens with one attached hydrogen (secondary N) is 2. The van der Waals surface area contributed by atoms with Crippen molar-refractivity contribution in [2.24, 2.45) is 0 Å². The maximum absolute atomic E-state index is 11.8. The third kappa shape index (κ3) is 4.06. The van der Waals surface area contributed by atoms with Crippen LogP contribution in [-0.4, -0.2) is 49.5 Å². The molecule has 2 N–H and O–H groups in total. The highest BCUT2D eigenvalue weighted by atomic mass is 16.2. The summed E-state index contributed by atoms with van der Waals surface area (Å²) < 4.78 is 0. The van der Waals surface area contributed by atoms with Gasteiger partial charge in [-0.05, 0) is 31.5 Å². The summed E-state index contributed by atoms with van der Waals surface area (Å²) in [5, 5.41) is 6.66. The van der Waals surface area contributed by atoms with E-state index in [-0.39, 0.29) is 5.91 Å². The number of anilines is 1. The Morgan fingerprint density at radius 3 is 3.05 bits per heavy atom. The number of aromatic nitrogens is 1. The molecule has 2 rings (SSSR count). The van der Waals surface area contributed by atoms with Crippen LogP contribution in [0.3, 0.4) is 0 Å². The Hall–Kier alpha value is -1.88. The van der Waals surface area contributed by atoms with Gasteiger partial charge in [0.1, 0.15) is 5.69 Å². The molecule has 0 bridgehead atoms. The maximum atomic E-state index is 11.8. The lowest BCUT2D eigenvalue weighted by Gasteiger charge is -2.15. The van der Waals surface area contributed by atoms with Crippen LogP contribution in [0.4, 0.5) is 5.69 Å². The average Bonchev–Trinajstić information content (AvgIpc) is 2.48. The minimum absolute atomic E-state index is 0.0743. The Morgan fingerprint density at radius 2 is 2.35 bits per heavy atom. The Balaban J connectivity index is 1.88. The molecule has 1 aliphatic rings. The summed E-state index contributed by atoms with van der Waals surface area (Å²) in [6, 6.07) is 3.70. The molecule has 0 atom stereocenters. The monoisotopic (exact) mass is 274 g/mol. The zero-order valence-electron chi connectivity index (χ0n) is 12.1. The van der Waals surface area contributed by atoms with Crippen molar-refractivity contribution in [3.8, 4) is 0 Å². The quantitative estimate of drug-likeness (QED) is 0.799. The highest BCUT2D eigenvalue weighted by Crippen LogP contribution is 2.12. The van der Waals surface area contributed by atoms with Crippen LogP contribution in [0.5, 0.6) is 0 Å². The fourth-order valence-electron chi connectivity index (χ4n) is 2.15. The van der Waals surface area contributed by atoms with Gasteiger partial charge in [-0.3, -0.25) is 9.78 Å². The molecule has 0 aliphatic carbocycles. The first kappa shape index (κ1) is 14.5. The van der Waals surface area contributed by atoms with Gasteiger partial charge < -0.3 is 15.5 Å². The van der Waals surface area contributed by atoms with Gasteiger partial charge in [-0.2, -0.15) is 0 Å². The van der Waals surface area contributed by atoms with E-state index in [1.165, 1.54) is 10.5 Å². The van der Waals surface area contributed by atoms with E-state index in [4.69, 9.17) is 0 Å². The Morgan fingerprint density at radius 1 is 1.50 bits per heavy atom. The van der Waals surface area contributed by atoms with Crippen molar-refractivity contribution >= 4 is 11.6 Å². The number of pyridine rings is 1. The number of carbonyl (C=O) groups is 1. The summed E-state index contributed by atoms with van der Waals surface area (Å²) in [6.07, 6.45) is 6.10. The summed E-state index contributed by atoms with van der Waals surface area (Å²) in [5.41, 5.74) is 2.91. The molecule has 1 aliphatic heterocycles. The summed E-state index contributed by atoms with van der Waals surface area (Å²) in [7, 11) is 3.46. The highest BCUT2D eigenvalue weighted by Gasteiger charge is 2.09. The van der Waals surface area contributed by atoms with E-state index in [1.807, 2.05) is 6.07 Å². The van der Waals surface area contributed by atoms with E-state index in [9.17, 15) is 4.79 Å². The first-order valence-electron chi connectivity index (χ1n) is 6.97. The summed E-state index contributed by atoms with van der Waals surface area (Å²) in [5.74, 6) is -0.0743. The molecule has 108 valence electrons. The largest absolute Gasteiger partial charge is 0.385 e. The molecule has 0 unspecified atom stereocenters. The molecular weight excluding hydrogens is 252 g/mol. The number of hydrogen-bond donors (Lipinski definition) is 2. The lowest BCUT2D eigenvalue weighted by atomic mass is 10.1. The third-order valence-electron chi connectivity index (χ3n) is 3.32. The average molecular weight is 274 g/mol. The van der Waals surface area contributed by atoms with Crippen LogP contribution in [0.15, 0.2) is 30.0 Å². The van der Waals surface area contributed by atoms with Gasteiger partial charge in [0.25, 0.3) is 5.91 Å². The molecule has 20 heavy (non-hydrogen) atoms. The van der Waals surface area contributed by atoms with Gasteiger partial charge in [-0.15, -0.1) is 0 Å². The van der Waals surface area contributed by atoms with Gasteiger partial charge >= 0.3 is 0 Å². The van der Waals surface area contributed by atoms with Crippen molar-refractivity contribution in [1.29, 1.82) is 0 Å². The van der Waals surface area contributed by atoms with Crippen LogP contribution in [0.1, 0.15) is 23.3 Å². The summed E-state index contributed by atoms with van der Waals surface area (Å²) in [4.78, 5) is 17.5. The first-order valence-corrected chi connectivity index (χ1v) is 6.97. The molecule has 1 aromatic heterocycles. The van der Waals surface area contributed by atoms with Crippen LogP contribution in [0, 0.1) is 0 Å². The minimum Gasteiger partial charge on any atom is -0.385 e. The zero-order valence-corrected chi connectivity index (χ0v) is 12.1. The summed E-state index contributed by atoms with van der Waals surface area (Å²) >= 11 is 0. The lowest BCUT2D eigenvalue weighted by molar-refractivity contribution is 0.0822. The molecule has 0 aromatic carbocycles. The fourth-order valence-corrected chi connectivity index (χ4v) is 2.15. The van der Waals surface area contributed by atoms with Crippen LogP contribution in [-0.2, 0) is 0 Å². The van der Waals surface area contributed by atoms with Gasteiger partial charge in [0, 0.05) is 39.1 Å². The molecule has 0 spiro atoms. The molecule has 0 saturated carbocycles. The molecule has 0 saturated heterocycles. The molecule has 5 nitrogen and oxygen atoms in total. The van der Waals surface area contributed by atoms with E-state index in [0.29, 0.717) is 5.69 Å². The number of carbonyl (C=O) groups excluding carboxylic acids is 1. The zero-order chi connectivity index (χ0) is 14.4. The Kier molecular flexibility index (Phi) is 5.12. The fraction of sp³-hybridized carbons (Fsp3) is 0.467. The minimum atomic E-state index is -0.0743. The number of nitrogens with zero attached hydrogens (tertiary/aromatic N) is 2. The van der Waals surface area contributed by atoms with Crippen molar-refractivity contribution in [3.63, 3.8) is 0 Å². The molecular formula is C15H22N4O. The first-order chi connectivity index (χ1) is 9.66. The van der Waals surface area contributed by atoms with E-state index in [2.05, 4.69) is 21.7 Å². The van der Waals surface area contributed by atoms with Gasteiger partial charge in [-0.1, -0.05) is 11.6 Å². The van der Waals surface area contributed by atoms with Crippen molar-refractivity contribution < 1.29 is 4.79 Å². The predicted molar refractivity (Wildman–Crippen MR) is 80.9 cm³/mol. The van der Waals surface area contributed by atoms with Gasteiger partial charge in [0.05, 0.1) is 0 Å². The number of amides is 1. The maximum Gasteiger partial charge on any atom is 0.272 e. The second kappa shape index (κ2) is 7.05. The van der Waals surface area contributed by atoms with Gasteiger partial charge in [-0.25, -0.2) is 0 Å². The molecule has 0 fully saturated rings. The van der Waals surface area contributed by atoms with Crippen molar-refractivity contribution in [3.05, 3.63) is 35.7 Å². The van der Waals surface area contributed by atoms with Crippen molar-refractivity contribution in [2.75, 3.05) is 39.0 Å². The van der Waals surface area contributed by atoms with E-state index in [0.717, 1.165) is 38.2 Å². The van der Waals surface area contributed by atoms with Gasteiger partial charge in [0.2, 0.25) is 0 Å². The predicted octanol–water partition coefficient (Wildman–Crippen LogP) is 1.51. The Bertz CT molecular complexity index is 496. The van der Waals surface area contributed by atoms with Crippen LogP contribution in [0.25, 0.3) is 0 Å². The smallest absolute Gasteiger partial charge is 0.272 e. The lowest BCUT2D eigenvalue weighted by Crippen LogP contribution is -2.23. The number of rotatable bonds is 5. The third-order valence-corrected chi connectivity index (χ3v) is 3.32. The second-order valence-corrected chi connectivity index (χ2v) is 5.12. The molecule has 5 heteroatoms. The van der Waals surface area contributed by atoms with Gasteiger partial charge in [0.15, 0.2) is 0 Å². The van der Waals surface area contributed by atoms with E-state index in [1.54, 1.807) is 26.4 Å². The normalized spacial score (nSPS) is 14.6. The Labute approximate surface area is 120 Å². The molecule has 0 radical (unpaired) electrons. The van der Waals surface area contributed by atoms with E-state index >= 15 is 0 Å². The SMILES string of the molecule is CN(C)C(=O)c1cc(NCCC2=CCNCC2)ccn1. The van der Waals surface area contributed by atoms with Crippen LogP contribution in [0.2, 0.25) is 0 Å². The van der Waals surface area contributed by atoms with Crippen molar-refractivity contribution in [1.82, 2.24) is 15.2 Å². The second-order valence-electron chi connectivity index (χ2n) is 5.12. The molecule has 1 amide bonds. The highest BCUT2D eigenvalue weighted by molar-refractivity contribution is 5.92. The standard InChI is InChI=1S/C15H22N4O/c1-19(2)15(20)14-11-13(6-10-18-14)17-9-5-12-3-7-16-8-4-12/h3,6,10-11,16H,4-5,7-9H2,1-2H3,(H,17,18). The van der Waals surface area contributed by atoms with Crippen molar-refractivity contribution in [2.45, 2.75) is 12.8 Å². The van der Waals surface area contributed by atoms with Crippen LogP contribution >= 0.6 is 0 Å². The molecule has 2 heterocycles. The summed E-state index contributed by atoms with van der Waals surface area (Å²) in [6.45, 7) is 2.93. The number of hydrogen-bond acceptors (Lipinski definition) is 4. The topological polar surface area (TPSA) is 57.3 Å². The molecule has 1 aromatic rings. The van der Waals surface area contributed by atoms with E-state index < -0.39 is 0 Å².